The van der Waals surface area contributed by atoms with Gasteiger partial charge in [0, 0.05) is 0 Å². The molecule has 4 aromatic rings. The highest BCUT2D eigenvalue weighted by molar-refractivity contribution is 9.11. The lowest BCUT2D eigenvalue weighted by Crippen LogP contribution is -1.86. The Morgan fingerprint density at radius 3 is 1.38 bits per heavy atom. The molecule has 202 valence electrons. The molecule has 0 spiro atoms. The number of hydrogen-bond donors (Lipinski definition) is 0. The van der Waals surface area contributed by atoms with Crippen molar-refractivity contribution < 1.29 is 18.6 Å². The molecular formula is C31H25Br2Cl2FO3. The van der Waals surface area contributed by atoms with Gasteiger partial charge in [-0.2, -0.15) is 0 Å². The molecular weight excluding hydrogens is 670 g/mol. The fourth-order valence-electron chi connectivity index (χ4n) is 3.31. The van der Waals surface area contributed by atoms with Crippen molar-refractivity contribution in [2.45, 2.75) is 0 Å². The summed E-state index contributed by atoms with van der Waals surface area (Å²) in [5.74, 6) is 1.99. The molecule has 4 rings (SSSR count). The van der Waals surface area contributed by atoms with Gasteiger partial charge >= 0.3 is 0 Å². The molecule has 0 aliphatic rings. The highest BCUT2D eigenvalue weighted by atomic mass is 79.9. The van der Waals surface area contributed by atoms with E-state index in [1.54, 1.807) is 27.4 Å². The first-order valence-electron chi connectivity index (χ1n) is 11.6. The molecule has 0 saturated carbocycles. The molecule has 0 unspecified atom stereocenters. The zero-order valence-corrected chi connectivity index (χ0v) is 26.0. The summed E-state index contributed by atoms with van der Waals surface area (Å²) in [5, 5.41) is 0.980. The molecule has 0 aliphatic carbocycles. The Hall–Kier alpha value is -2.77. The van der Waals surface area contributed by atoms with Gasteiger partial charge in [0.15, 0.2) is 0 Å². The summed E-state index contributed by atoms with van der Waals surface area (Å²) in [6.07, 6.45) is 7.70. The smallest absolute Gasteiger partial charge is 0.139 e. The van der Waals surface area contributed by atoms with Crippen molar-refractivity contribution in [1.82, 2.24) is 0 Å². The first-order valence-corrected chi connectivity index (χ1v) is 13.9. The molecule has 8 heteroatoms. The van der Waals surface area contributed by atoms with Crippen molar-refractivity contribution in [3.63, 3.8) is 0 Å². The zero-order chi connectivity index (χ0) is 28.4. The Bertz CT molecular complexity index is 1430. The van der Waals surface area contributed by atoms with Crippen molar-refractivity contribution in [2.24, 2.45) is 0 Å². The molecule has 0 aliphatic heterocycles. The standard InChI is InChI=1S/C16H14BrClO2.C15H11BrClFO/c1-19-13-7-5-11(6-8-13)3-4-12-9-14(18)16(17)15(10-12)20-2;1-19-12-6-4-10(5-7-12)2-3-11-8-13(17)15(16)14(18)9-11/h3-10H,1-2H3;2-9H,1H3/b4-3+;3-2+. The summed E-state index contributed by atoms with van der Waals surface area (Å²) in [7, 11) is 4.89. The van der Waals surface area contributed by atoms with Crippen LogP contribution in [0.2, 0.25) is 10.0 Å². The number of rotatable bonds is 7. The maximum Gasteiger partial charge on any atom is 0.139 e. The van der Waals surface area contributed by atoms with Crippen LogP contribution in [0, 0.1) is 5.82 Å². The Labute approximate surface area is 255 Å². The lowest BCUT2D eigenvalue weighted by atomic mass is 10.1. The number of hydrogen-bond acceptors (Lipinski definition) is 3. The Morgan fingerprint density at radius 1 is 0.564 bits per heavy atom. The topological polar surface area (TPSA) is 27.7 Å². The minimum atomic E-state index is -0.373. The van der Waals surface area contributed by atoms with Crippen LogP contribution < -0.4 is 14.2 Å². The van der Waals surface area contributed by atoms with E-state index in [1.165, 1.54) is 6.07 Å². The van der Waals surface area contributed by atoms with E-state index in [2.05, 4.69) is 31.9 Å². The van der Waals surface area contributed by atoms with Gasteiger partial charge in [-0.1, -0.05) is 71.8 Å². The van der Waals surface area contributed by atoms with Gasteiger partial charge in [-0.3, -0.25) is 0 Å². The number of ether oxygens (including phenoxy) is 3. The molecule has 0 heterocycles. The van der Waals surface area contributed by atoms with Crippen LogP contribution in [-0.4, -0.2) is 21.3 Å². The van der Waals surface area contributed by atoms with E-state index >= 15 is 0 Å². The number of halogens is 5. The molecule has 0 atom stereocenters. The Kier molecular flexibility index (Phi) is 11.9. The van der Waals surface area contributed by atoms with Crippen LogP contribution in [0.4, 0.5) is 4.39 Å². The maximum atomic E-state index is 13.5. The van der Waals surface area contributed by atoms with Crippen molar-refractivity contribution in [3.8, 4) is 17.2 Å². The van der Waals surface area contributed by atoms with Gasteiger partial charge < -0.3 is 14.2 Å². The van der Waals surface area contributed by atoms with Crippen molar-refractivity contribution in [3.05, 3.63) is 120 Å². The normalized spacial score (nSPS) is 10.9. The monoisotopic (exact) mass is 692 g/mol. The van der Waals surface area contributed by atoms with E-state index in [4.69, 9.17) is 37.4 Å². The van der Waals surface area contributed by atoms with E-state index in [0.29, 0.717) is 21.4 Å². The van der Waals surface area contributed by atoms with E-state index in [-0.39, 0.29) is 10.3 Å². The summed E-state index contributed by atoms with van der Waals surface area (Å²) in [6.45, 7) is 0. The molecule has 0 fully saturated rings. The van der Waals surface area contributed by atoms with Gasteiger partial charge in [0.25, 0.3) is 0 Å². The second kappa shape index (κ2) is 15.1. The second-order valence-corrected chi connectivity index (χ2v) is 10.4. The fraction of sp³-hybridized carbons (Fsp3) is 0.0968. The van der Waals surface area contributed by atoms with Crippen molar-refractivity contribution in [1.29, 1.82) is 0 Å². The molecule has 0 bridgehead atoms. The van der Waals surface area contributed by atoms with Crippen LogP contribution in [0.1, 0.15) is 22.3 Å². The summed E-state index contributed by atoms with van der Waals surface area (Å²) in [5.41, 5.74) is 3.77. The predicted octanol–water partition coefficient (Wildman–Crippen LogP) is 10.7. The molecule has 39 heavy (non-hydrogen) atoms. The Balaban J connectivity index is 0.000000216. The van der Waals surface area contributed by atoms with E-state index in [1.807, 2.05) is 85.0 Å². The molecule has 0 radical (unpaired) electrons. The number of methoxy groups -OCH3 is 3. The van der Waals surface area contributed by atoms with Gasteiger partial charge in [0.05, 0.1) is 40.3 Å². The average molecular weight is 695 g/mol. The molecule has 0 N–H and O–H groups in total. The van der Waals surface area contributed by atoms with E-state index < -0.39 is 0 Å². The van der Waals surface area contributed by atoms with Crippen LogP contribution in [0.5, 0.6) is 17.2 Å². The third-order valence-corrected chi connectivity index (χ3v) is 8.09. The van der Waals surface area contributed by atoms with Gasteiger partial charge in [-0.15, -0.1) is 0 Å². The lowest BCUT2D eigenvalue weighted by molar-refractivity contribution is 0.412. The van der Waals surface area contributed by atoms with Gasteiger partial charge in [0.1, 0.15) is 23.1 Å². The van der Waals surface area contributed by atoms with E-state index in [9.17, 15) is 4.39 Å². The predicted molar refractivity (Wildman–Crippen MR) is 169 cm³/mol. The van der Waals surface area contributed by atoms with E-state index in [0.717, 1.165) is 32.7 Å². The molecule has 0 amide bonds. The maximum absolute atomic E-state index is 13.5. The quantitative estimate of drug-likeness (QED) is 0.142. The lowest BCUT2D eigenvalue weighted by Gasteiger charge is -2.06. The summed E-state index contributed by atoms with van der Waals surface area (Å²) >= 11 is 18.5. The minimum Gasteiger partial charge on any atom is -0.497 e. The van der Waals surface area contributed by atoms with Crippen LogP contribution in [-0.2, 0) is 0 Å². The van der Waals surface area contributed by atoms with Crippen LogP contribution in [0.15, 0.2) is 81.7 Å². The number of benzene rings is 4. The third kappa shape index (κ3) is 9.14. The van der Waals surface area contributed by atoms with Gasteiger partial charge in [-0.25, -0.2) is 4.39 Å². The third-order valence-electron chi connectivity index (χ3n) is 5.41. The SMILES string of the molecule is COc1ccc(/C=C/c2cc(Cl)c(Br)c(OC)c2)cc1.COc1ccc(/C=C/c2cc(F)c(Br)c(Cl)c2)cc1. The second-order valence-electron chi connectivity index (χ2n) is 8.03. The summed E-state index contributed by atoms with van der Waals surface area (Å²) < 4.78 is 30.0. The van der Waals surface area contributed by atoms with Crippen molar-refractivity contribution >= 4 is 79.4 Å². The minimum absolute atomic E-state index is 0.288. The van der Waals surface area contributed by atoms with Crippen LogP contribution in [0.3, 0.4) is 0 Å². The average Bonchev–Trinajstić information content (AvgIpc) is 2.96. The van der Waals surface area contributed by atoms with Gasteiger partial charge in [0.2, 0.25) is 0 Å². The highest BCUT2D eigenvalue weighted by Crippen LogP contribution is 2.34. The van der Waals surface area contributed by atoms with Crippen LogP contribution >= 0.6 is 55.1 Å². The first-order chi connectivity index (χ1) is 18.7. The largest absolute Gasteiger partial charge is 0.497 e. The molecule has 0 saturated heterocycles. The Morgan fingerprint density at radius 2 is 0.974 bits per heavy atom. The molecule has 3 nitrogen and oxygen atoms in total. The highest BCUT2D eigenvalue weighted by Gasteiger charge is 2.06. The summed E-state index contributed by atoms with van der Waals surface area (Å²) in [4.78, 5) is 0. The van der Waals surface area contributed by atoms with Crippen molar-refractivity contribution in [2.75, 3.05) is 21.3 Å². The summed E-state index contributed by atoms with van der Waals surface area (Å²) in [6, 6.07) is 22.4. The fourth-order valence-corrected chi connectivity index (χ4v) is 4.37. The zero-order valence-electron chi connectivity index (χ0n) is 21.4. The molecule has 0 aromatic heterocycles. The molecule has 4 aromatic carbocycles. The van der Waals surface area contributed by atoms with Gasteiger partial charge in [-0.05, 0) is 103 Å². The first kappa shape index (κ1) is 30.8. The van der Waals surface area contributed by atoms with Crippen LogP contribution in [0.25, 0.3) is 24.3 Å².